The van der Waals surface area contributed by atoms with Crippen molar-refractivity contribution in [3.63, 3.8) is 0 Å². The molecular weight excluding hydrogens is 576 g/mol. The standard InChI is InChI=1S/C36H46N8O2/c1-21(2)31(37)35(45)43-17-5-7-29(43)33-39-19-27(41-33)25-13-9-23(10-14-25)24-11-15-26(16-12-24)28-20-40-34(42-28)30-8-6-18-44(30)36(46)32(38)22(3)4/h9-16,19-22,29-32H,5-8,17-18,37-38H2,1-4H3,(H,39,41)(H,40,42)/t29-,30?,31-,32-/m0/s1. The van der Waals surface area contributed by atoms with Crippen molar-refractivity contribution in [1.82, 2.24) is 29.7 Å². The van der Waals surface area contributed by atoms with Crippen molar-refractivity contribution in [3.8, 4) is 33.6 Å². The second-order valence-corrected chi connectivity index (χ2v) is 13.4. The molecule has 2 aliphatic heterocycles. The molecule has 2 aromatic carbocycles. The van der Waals surface area contributed by atoms with Gasteiger partial charge >= 0.3 is 0 Å². The zero-order valence-corrected chi connectivity index (χ0v) is 27.2. The minimum absolute atomic E-state index is 0.00181. The molecule has 242 valence electrons. The number of benzene rings is 2. The predicted octanol–water partition coefficient (Wildman–Crippen LogP) is 5.43. The van der Waals surface area contributed by atoms with Crippen molar-refractivity contribution in [3.05, 3.63) is 72.6 Å². The number of hydrogen-bond donors (Lipinski definition) is 4. The molecule has 0 aliphatic carbocycles. The van der Waals surface area contributed by atoms with Crippen LogP contribution in [0.15, 0.2) is 60.9 Å². The van der Waals surface area contributed by atoms with Crippen LogP contribution in [-0.4, -0.2) is 66.7 Å². The number of imidazole rings is 2. The highest BCUT2D eigenvalue weighted by Crippen LogP contribution is 2.34. The number of carbonyl (C=O) groups is 2. The van der Waals surface area contributed by atoms with E-state index in [0.717, 1.165) is 71.0 Å². The summed E-state index contributed by atoms with van der Waals surface area (Å²) < 4.78 is 0. The first-order chi connectivity index (χ1) is 22.1. The largest absolute Gasteiger partial charge is 0.340 e. The quantitative estimate of drug-likeness (QED) is 0.196. The highest BCUT2D eigenvalue weighted by atomic mass is 16.2. The lowest BCUT2D eigenvalue weighted by Crippen LogP contribution is -2.46. The van der Waals surface area contributed by atoms with Crippen molar-refractivity contribution in [2.75, 3.05) is 13.1 Å². The van der Waals surface area contributed by atoms with Gasteiger partial charge in [0.1, 0.15) is 11.6 Å². The SMILES string of the molecule is CC(C)[C@H](N)C(=O)N1CCCC1c1ncc(-c2ccc(-c3ccc(-c4cnc([C@@H]5CCCN5C(=O)[C@@H](N)C(C)C)[nH]4)cc3)cc2)[nH]1. The van der Waals surface area contributed by atoms with Crippen LogP contribution in [0.4, 0.5) is 0 Å². The van der Waals surface area contributed by atoms with Crippen LogP contribution in [0.5, 0.6) is 0 Å². The monoisotopic (exact) mass is 622 g/mol. The molecule has 10 nitrogen and oxygen atoms in total. The van der Waals surface area contributed by atoms with Gasteiger partial charge in [-0.2, -0.15) is 0 Å². The Balaban J connectivity index is 1.12. The summed E-state index contributed by atoms with van der Waals surface area (Å²) in [6.45, 7) is 9.34. The van der Waals surface area contributed by atoms with Crippen molar-refractivity contribution in [2.24, 2.45) is 23.3 Å². The Kier molecular flexibility index (Phi) is 9.11. The molecule has 46 heavy (non-hydrogen) atoms. The average Bonchev–Trinajstić information content (AvgIpc) is 3.89. The molecule has 1 unspecified atom stereocenters. The summed E-state index contributed by atoms with van der Waals surface area (Å²) in [5.41, 5.74) is 18.5. The van der Waals surface area contributed by atoms with E-state index in [1.165, 1.54) is 0 Å². The fourth-order valence-electron chi connectivity index (χ4n) is 6.57. The molecule has 2 aromatic heterocycles. The summed E-state index contributed by atoms with van der Waals surface area (Å²) in [4.78, 5) is 46.0. The van der Waals surface area contributed by atoms with Crippen LogP contribution in [0.2, 0.25) is 0 Å². The van der Waals surface area contributed by atoms with Gasteiger partial charge in [0.2, 0.25) is 11.8 Å². The van der Waals surface area contributed by atoms with E-state index < -0.39 is 12.1 Å². The lowest BCUT2D eigenvalue weighted by molar-refractivity contribution is -0.135. The van der Waals surface area contributed by atoms with E-state index in [1.54, 1.807) is 0 Å². The molecule has 0 saturated carbocycles. The Morgan fingerprint density at radius 3 is 1.35 bits per heavy atom. The van der Waals surface area contributed by atoms with Crippen molar-refractivity contribution >= 4 is 11.8 Å². The molecule has 2 fully saturated rings. The number of carbonyl (C=O) groups excluding carboxylic acids is 2. The van der Waals surface area contributed by atoms with Crippen molar-refractivity contribution in [1.29, 1.82) is 0 Å². The van der Waals surface area contributed by atoms with Gasteiger partial charge in [-0.15, -0.1) is 0 Å². The van der Waals surface area contributed by atoms with Gasteiger partial charge in [-0.1, -0.05) is 76.2 Å². The number of rotatable bonds is 9. The molecule has 6 N–H and O–H groups in total. The number of aromatic nitrogens is 4. The summed E-state index contributed by atoms with van der Waals surface area (Å²) in [6, 6.07) is 15.7. The zero-order valence-electron chi connectivity index (χ0n) is 27.2. The van der Waals surface area contributed by atoms with Gasteiger partial charge in [0.05, 0.1) is 47.9 Å². The van der Waals surface area contributed by atoms with Gasteiger partial charge in [-0.25, -0.2) is 9.97 Å². The van der Waals surface area contributed by atoms with Gasteiger partial charge in [0.15, 0.2) is 0 Å². The number of hydrogen-bond acceptors (Lipinski definition) is 6. The molecule has 4 atom stereocenters. The van der Waals surface area contributed by atoms with E-state index in [-0.39, 0.29) is 35.7 Å². The zero-order chi connectivity index (χ0) is 32.5. The van der Waals surface area contributed by atoms with E-state index in [9.17, 15) is 9.59 Å². The maximum absolute atomic E-state index is 13.0. The van der Waals surface area contributed by atoms with Crippen LogP contribution in [0.3, 0.4) is 0 Å². The second-order valence-electron chi connectivity index (χ2n) is 13.4. The summed E-state index contributed by atoms with van der Waals surface area (Å²) in [5.74, 6) is 1.80. The van der Waals surface area contributed by atoms with Gasteiger partial charge in [-0.3, -0.25) is 9.59 Å². The predicted molar refractivity (Wildman–Crippen MR) is 180 cm³/mol. The maximum Gasteiger partial charge on any atom is 0.240 e. The van der Waals surface area contributed by atoms with Crippen LogP contribution in [-0.2, 0) is 9.59 Å². The molecule has 0 spiro atoms. The smallest absolute Gasteiger partial charge is 0.240 e. The number of amides is 2. The highest BCUT2D eigenvalue weighted by molar-refractivity contribution is 5.83. The molecule has 0 radical (unpaired) electrons. The molecule has 10 heteroatoms. The summed E-state index contributed by atoms with van der Waals surface area (Å²) in [7, 11) is 0. The molecule has 4 heterocycles. The lowest BCUT2D eigenvalue weighted by atomic mass is 10.0. The minimum Gasteiger partial charge on any atom is -0.340 e. The van der Waals surface area contributed by atoms with Gasteiger partial charge < -0.3 is 31.2 Å². The molecule has 4 aromatic rings. The summed E-state index contributed by atoms with van der Waals surface area (Å²) >= 11 is 0. The van der Waals surface area contributed by atoms with Crippen molar-refractivity contribution in [2.45, 2.75) is 77.5 Å². The van der Waals surface area contributed by atoms with E-state index in [2.05, 4.69) is 68.5 Å². The lowest BCUT2D eigenvalue weighted by Gasteiger charge is -2.27. The molecule has 0 bridgehead atoms. The van der Waals surface area contributed by atoms with E-state index in [1.807, 2.05) is 49.9 Å². The Morgan fingerprint density at radius 1 is 0.652 bits per heavy atom. The molecule has 2 amide bonds. The van der Waals surface area contributed by atoms with Gasteiger partial charge in [0.25, 0.3) is 0 Å². The van der Waals surface area contributed by atoms with Crippen LogP contribution in [0, 0.1) is 11.8 Å². The molecular formula is C36H46N8O2. The summed E-state index contributed by atoms with van der Waals surface area (Å²) in [5, 5.41) is 0. The Labute approximate surface area is 271 Å². The number of aromatic amines is 2. The average molecular weight is 623 g/mol. The third kappa shape index (κ3) is 6.24. The Morgan fingerprint density at radius 2 is 1.00 bits per heavy atom. The van der Waals surface area contributed by atoms with Crippen LogP contribution in [0.1, 0.15) is 77.1 Å². The Hall–Kier alpha value is -4.28. The van der Waals surface area contributed by atoms with Gasteiger partial charge in [0, 0.05) is 13.1 Å². The first-order valence-corrected chi connectivity index (χ1v) is 16.6. The fourth-order valence-corrected chi connectivity index (χ4v) is 6.57. The number of H-pyrrole nitrogens is 2. The van der Waals surface area contributed by atoms with Crippen LogP contribution < -0.4 is 11.5 Å². The molecule has 2 aliphatic rings. The molecule has 2 saturated heterocycles. The van der Waals surface area contributed by atoms with Gasteiger partial charge in [-0.05, 0) is 59.8 Å². The number of nitrogens with two attached hydrogens (primary N) is 2. The van der Waals surface area contributed by atoms with E-state index >= 15 is 0 Å². The first kappa shape index (κ1) is 31.7. The topological polar surface area (TPSA) is 150 Å². The Bertz CT molecular complexity index is 1530. The maximum atomic E-state index is 13.0. The third-order valence-electron chi connectivity index (χ3n) is 9.63. The van der Waals surface area contributed by atoms with E-state index in [4.69, 9.17) is 11.5 Å². The van der Waals surface area contributed by atoms with Crippen molar-refractivity contribution < 1.29 is 9.59 Å². The first-order valence-electron chi connectivity index (χ1n) is 16.6. The fraction of sp³-hybridized carbons (Fsp3) is 0.444. The number of nitrogens with zero attached hydrogens (tertiary/aromatic N) is 4. The molecule has 6 rings (SSSR count). The summed E-state index contributed by atoms with van der Waals surface area (Å²) in [6.07, 6.45) is 7.34. The third-order valence-corrected chi connectivity index (χ3v) is 9.63. The van der Waals surface area contributed by atoms with E-state index in [0.29, 0.717) is 13.1 Å². The second kappa shape index (κ2) is 13.2. The minimum atomic E-state index is -0.497. The highest BCUT2D eigenvalue weighted by Gasteiger charge is 2.36. The number of likely N-dealkylation sites (tertiary alicyclic amines) is 2. The van der Waals surface area contributed by atoms with Crippen LogP contribution in [0.25, 0.3) is 33.6 Å². The normalized spacial score (nSPS) is 19.7. The number of nitrogens with one attached hydrogen (secondary N) is 2. The van der Waals surface area contributed by atoms with Crippen LogP contribution >= 0.6 is 0 Å².